The van der Waals surface area contributed by atoms with Crippen LogP contribution in [0, 0.1) is 10.1 Å². The van der Waals surface area contributed by atoms with Crippen molar-refractivity contribution in [3.05, 3.63) is 106 Å². The first kappa shape index (κ1) is 20.5. The molecule has 0 unspecified atom stereocenters. The third kappa shape index (κ3) is 6.41. The smallest absolute Gasteiger partial charge is 0.269 e. The van der Waals surface area contributed by atoms with Crippen molar-refractivity contribution < 1.29 is 4.92 Å². The third-order valence-corrected chi connectivity index (χ3v) is 5.14. The van der Waals surface area contributed by atoms with Crippen LogP contribution in [-0.4, -0.2) is 15.1 Å². The van der Waals surface area contributed by atoms with E-state index in [1.807, 2.05) is 48.5 Å². The molecule has 0 radical (unpaired) electrons. The number of nitrogens with one attached hydrogen (secondary N) is 2. The Hall–Kier alpha value is -3.23. The van der Waals surface area contributed by atoms with E-state index in [1.54, 1.807) is 12.1 Å². The van der Waals surface area contributed by atoms with Crippen molar-refractivity contribution >= 4 is 45.5 Å². The first-order valence-corrected chi connectivity index (χ1v) is 10.1. The normalized spacial score (nSPS) is 11.0. The highest BCUT2D eigenvalue weighted by molar-refractivity contribution is 8.22. The highest BCUT2D eigenvalue weighted by atomic mass is 32.2. The van der Waals surface area contributed by atoms with Gasteiger partial charge in [-0.2, -0.15) is 0 Å². The van der Waals surface area contributed by atoms with E-state index in [0.29, 0.717) is 15.8 Å². The van der Waals surface area contributed by atoms with Gasteiger partial charge in [0, 0.05) is 23.4 Å². The summed E-state index contributed by atoms with van der Waals surface area (Å²) in [7, 11) is 0. The maximum atomic E-state index is 10.8. The zero-order chi connectivity index (χ0) is 20.5. The largest absolute Gasteiger partial charge is 0.284 e. The molecule has 146 valence electrons. The first-order valence-electron chi connectivity index (χ1n) is 8.73. The summed E-state index contributed by atoms with van der Waals surface area (Å²) in [6, 6.07) is 25.7. The molecule has 0 saturated carbocycles. The number of nitrogens with zero attached hydrogens (tertiary/aromatic N) is 2. The van der Waals surface area contributed by atoms with Crippen molar-refractivity contribution in [2.45, 2.75) is 5.75 Å². The minimum atomic E-state index is -0.437. The van der Waals surface area contributed by atoms with Crippen molar-refractivity contribution in [1.82, 2.24) is 10.9 Å². The molecule has 29 heavy (non-hydrogen) atoms. The molecule has 0 fully saturated rings. The van der Waals surface area contributed by atoms with E-state index in [2.05, 4.69) is 28.0 Å². The number of hydrazine groups is 1. The van der Waals surface area contributed by atoms with Gasteiger partial charge in [-0.15, -0.1) is 0 Å². The maximum absolute atomic E-state index is 10.8. The molecule has 0 aliphatic heterocycles. The lowest BCUT2D eigenvalue weighted by atomic mass is 10.2. The fraction of sp³-hybridized carbons (Fsp3) is 0.0476. The van der Waals surface area contributed by atoms with Gasteiger partial charge in [-0.05, 0) is 17.7 Å². The van der Waals surface area contributed by atoms with E-state index in [1.165, 1.54) is 29.5 Å². The molecule has 3 aromatic carbocycles. The third-order valence-electron chi connectivity index (χ3n) is 3.84. The van der Waals surface area contributed by atoms with Gasteiger partial charge in [0.25, 0.3) is 5.69 Å². The Bertz CT molecular complexity index is 994. The summed E-state index contributed by atoms with van der Waals surface area (Å²) in [6.45, 7) is 0. The van der Waals surface area contributed by atoms with Gasteiger partial charge < -0.3 is 0 Å². The average molecular weight is 423 g/mol. The number of hydrogen-bond acceptors (Lipinski definition) is 5. The minimum Gasteiger partial charge on any atom is -0.284 e. The maximum Gasteiger partial charge on any atom is 0.269 e. The Kier molecular flexibility index (Phi) is 7.32. The zero-order valence-corrected chi connectivity index (χ0v) is 17.0. The summed E-state index contributed by atoms with van der Waals surface area (Å²) in [5.74, 6) is 1.32. The van der Waals surface area contributed by atoms with Crippen LogP contribution >= 0.6 is 24.0 Å². The quantitative estimate of drug-likeness (QED) is 0.198. The Morgan fingerprint density at radius 1 is 0.931 bits per heavy atom. The average Bonchev–Trinajstić information content (AvgIpc) is 2.77. The molecule has 3 aromatic rings. The van der Waals surface area contributed by atoms with Crippen LogP contribution in [0.2, 0.25) is 0 Å². The number of thiocarbonyl (C=S) groups is 1. The molecule has 3 rings (SSSR count). The summed E-state index contributed by atoms with van der Waals surface area (Å²) in [5, 5.41) is 10.8. The van der Waals surface area contributed by atoms with E-state index in [9.17, 15) is 10.1 Å². The molecule has 0 amide bonds. The molecule has 0 spiro atoms. The summed E-state index contributed by atoms with van der Waals surface area (Å²) >= 11 is 6.90. The van der Waals surface area contributed by atoms with Crippen molar-refractivity contribution in [2.75, 3.05) is 0 Å². The Labute approximate surface area is 178 Å². The van der Waals surface area contributed by atoms with Crippen molar-refractivity contribution in [1.29, 1.82) is 0 Å². The van der Waals surface area contributed by atoms with Gasteiger partial charge in [-0.25, -0.2) is 4.99 Å². The number of nitro benzene ring substituents is 1. The second-order valence-electron chi connectivity index (χ2n) is 5.91. The predicted octanol–water partition coefficient (Wildman–Crippen LogP) is 4.99. The Morgan fingerprint density at radius 2 is 1.55 bits per heavy atom. The second kappa shape index (κ2) is 10.4. The topological polar surface area (TPSA) is 79.6 Å². The number of aliphatic imine (C=N–C) groups is 1. The number of non-ortho nitro benzene ring substituents is 1. The van der Waals surface area contributed by atoms with E-state index in [4.69, 9.17) is 12.2 Å². The number of benzene rings is 3. The van der Waals surface area contributed by atoms with Gasteiger partial charge in [0.2, 0.25) is 0 Å². The van der Waals surface area contributed by atoms with Crippen molar-refractivity contribution in [3.8, 4) is 0 Å². The number of amidine groups is 1. The molecule has 0 saturated heterocycles. The molecule has 0 aliphatic carbocycles. The van der Waals surface area contributed by atoms with Crippen molar-refractivity contribution in [2.24, 2.45) is 4.99 Å². The second-order valence-corrected chi connectivity index (χ2v) is 7.56. The van der Waals surface area contributed by atoms with Crippen LogP contribution in [0.15, 0.2) is 89.9 Å². The van der Waals surface area contributed by atoms with Gasteiger partial charge in [0.15, 0.2) is 10.2 Å². The summed E-state index contributed by atoms with van der Waals surface area (Å²) in [6.07, 6.45) is 0. The highest BCUT2D eigenvalue weighted by Crippen LogP contribution is 2.19. The molecule has 8 heteroatoms. The van der Waals surface area contributed by atoms with Gasteiger partial charge in [0.1, 0.15) is 0 Å². The SMILES string of the molecule is O=[N+]([O-])c1ccc(N=C(NNC(=S)SCc2ccccc2)c2ccccc2)cc1. The van der Waals surface area contributed by atoms with Crippen LogP contribution in [0.4, 0.5) is 11.4 Å². The molecule has 0 atom stereocenters. The van der Waals surface area contributed by atoms with E-state index < -0.39 is 4.92 Å². The van der Waals surface area contributed by atoms with E-state index in [0.717, 1.165) is 11.3 Å². The van der Waals surface area contributed by atoms with Crippen LogP contribution in [0.25, 0.3) is 0 Å². The fourth-order valence-electron chi connectivity index (χ4n) is 2.41. The Balaban J connectivity index is 1.69. The van der Waals surface area contributed by atoms with Crippen molar-refractivity contribution in [3.63, 3.8) is 0 Å². The molecule has 0 aromatic heterocycles. The zero-order valence-electron chi connectivity index (χ0n) is 15.3. The van der Waals surface area contributed by atoms with E-state index in [-0.39, 0.29) is 5.69 Å². The molecular formula is C21H18N4O2S2. The summed E-state index contributed by atoms with van der Waals surface area (Å²) in [4.78, 5) is 15.0. The molecule has 0 heterocycles. The van der Waals surface area contributed by atoms with Crippen LogP contribution < -0.4 is 10.9 Å². The van der Waals surface area contributed by atoms with E-state index >= 15 is 0 Å². The Morgan fingerprint density at radius 3 is 2.17 bits per heavy atom. The standard InChI is InChI=1S/C21H18N4O2S2/c26-25(27)19-13-11-18(12-14-19)22-20(17-9-5-2-6-10-17)23-24-21(28)29-15-16-7-3-1-4-8-16/h1-14H,15H2,(H,22,23)(H,24,28). The first-order chi connectivity index (χ1) is 14.1. The fourth-order valence-corrected chi connectivity index (χ4v) is 3.25. The van der Waals surface area contributed by atoms with Gasteiger partial charge in [0.05, 0.1) is 10.6 Å². The lowest BCUT2D eigenvalue weighted by molar-refractivity contribution is -0.384. The number of thioether (sulfide) groups is 1. The van der Waals surface area contributed by atoms with Gasteiger partial charge in [-0.1, -0.05) is 84.6 Å². The lowest BCUT2D eigenvalue weighted by Gasteiger charge is -2.13. The van der Waals surface area contributed by atoms with Crippen LogP contribution in [-0.2, 0) is 5.75 Å². The number of rotatable bonds is 5. The highest BCUT2D eigenvalue weighted by Gasteiger charge is 2.07. The minimum absolute atomic E-state index is 0.0229. The van der Waals surface area contributed by atoms with Crippen LogP contribution in [0.1, 0.15) is 11.1 Å². The lowest BCUT2D eigenvalue weighted by Crippen LogP contribution is -2.40. The number of nitro groups is 1. The number of hydrogen-bond donors (Lipinski definition) is 2. The monoisotopic (exact) mass is 422 g/mol. The summed E-state index contributed by atoms with van der Waals surface area (Å²) < 4.78 is 0.584. The van der Waals surface area contributed by atoms with Gasteiger partial charge in [-0.3, -0.25) is 21.0 Å². The van der Waals surface area contributed by atoms with Crippen LogP contribution in [0.5, 0.6) is 0 Å². The molecule has 2 N–H and O–H groups in total. The molecule has 6 nitrogen and oxygen atoms in total. The van der Waals surface area contributed by atoms with Crippen LogP contribution in [0.3, 0.4) is 0 Å². The predicted molar refractivity (Wildman–Crippen MR) is 122 cm³/mol. The molecule has 0 aliphatic rings. The molecule has 0 bridgehead atoms. The summed E-state index contributed by atoms with van der Waals surface area (Å²) in [5.41, 5.74) is 8.72. The van der Waals surface area contributed by atoms with Gasteiger partial charge >= 0.3 is 0 Å². The molecular weight excluding hydrogens is 404 g/mol.